The molecule has 128 valence electrons. The molecule has 1 aromatic carbocycles. The summed E-state index contributed by atoms with van der Waals surface area (Å²) in [6.07, 6.45) is 5.48. The first-order chi connectivity index (χ1) is 11.1. The third-order valence-electron chi connectivity index (χ3n) is 5.14. The average Bonchev–Trinajstić information content (AvgIpc) is 2.54. The summed E-state index contributed by atoms with van der Waals surface area (Å²) in [6, 6.07) is 9.29. The zero-order chi connectivity index (χ0) is 16.2. The fourth-order valence-corrected chi connectivity index (χ4v) is 3.83. The molecule has 1 saturated heterocycles. The van der Waals surface area contributed by atoms with Gasteiger partial charge in [0.05, 0.1) is 12.2 Å². The second kappa shape index (κ2) is 7.54. The van der Waals surface area contributed by atoms with Gasteiger partial charge in [-0.2, -0.15) is 0 Å². The van der Waals surface area contributed by atoms with Crippen LogP contribution < -0.4 is 16.0 Å². The maximum Gasteiger partial charge on any atom is 0.0726 e. The lowest BCUT2D eigenvalue weighted by molar-refractivity contribution is -0.00521. The fraction of sp³-hybridized carbons (Fsp3) is 0.684. The number of ether oxygens (including phenoxy) is 1. The molecule has 0 radical (unpaired) electrons. The topological polar surface area (TPSA) is 50.5 Å². The highest BCUT2D eigenvalue weighted by atomic mass is 16.5. The number of morpholine rings is 1. The molecule has 0 amide bonds. The van der Waals surface area contributed by atoms with E-state index in [4.69, 9.17) is 10.5 Å². The van der Waals surface area contributed by atoms with Crippen LogP contribution in [0.3, 0.4) is 0 Å². The number of nitrogens with two attached hydrogens (primary N) is 1. The van der Waals surface area contributed by atoms with Crippen LogP contribution in [0.2, 0.25) is 0 Å². The quantitative estimate of drug-likeness (QED) is 0.895. The minimum atomic E-state index is 0.300. The van der Waals surface area contributed by atoms with Crippen LogP contribution in [0.4, 0.5) is 11.4 Å². The first kappa shape index (κ1) is 16.6. The predicted octanol–water partition coefficient (Wildman–Crippen LogP) is 3.23. The molecule has 1 aromatic rings. The largest absolute Gasteiger partial charge is 0.385 e. The van der Waals surface area contributed by atoms with Crippen molar-refractivity contribution in [1.82, 2.24) is 0 Å². The lowest BCUT2D eigenvalue weighted by Crippen LogP contribution is -2.45. The molecule has 1 aliphatic heterocycles. The zero-order valence-electron chi connectivity index (χ0n) is 14.5. The van der Waals surface area contributed by atoms with Gasteiger partial charge in [-0.3, -0.25) is 0 Å². The summed E-state index contributed by atoms with van der Waals surface area (Å²) < 4.78 is 5.81. The SMILES string of the molecule is CC1CN(c2ccc(NCC3CCC(N)CC3)cc2)CC(C)O1. The van der Waals surface area contributed by atoms with E-state index in [1.54, 1.807) is 0 Å². The minimum Gasteiger partial charge on any atom is -0.385 e. The van der Waals surface area contributed by atoms with E-state index in [1.807, 2.05) is 0 Å². The second-order valence-electron chi connectivity index (χ2n) is 7.37. The third kappa shape index (κ3) is 4.61. The normalized spacial score (nSPS) is 31.9. The molecule has 3 rings (SSSR count). The van der Waals surface area contributed by atoms with E-state index in [0.29, 0.717) is 18.2 Å². The van der Waals surface area contributed by atoms with Crippen LogP contribution in [0.15, 0.2) is 24.3 Å². The van der Waals surface area contributed by atoms with Crippen LogP contribution in [0.1, 0.15) is 39.5 Å². The fourth-order valence-electron chi connectivity index (χ4n) is 3.83. The van der Waals surface area contributed by atoms with Gasteiger partial charge in [0.2, 0.25) is 0 Å². The molecule has 2 atom stereocenters. The molecular weight excluding hydrogens is 286 g/mol. The molecule has 1 aliphatic carbocycles. The van der Waals surface area contributed by atoms with Crippen LogP contribution in [-0.4, -0.2) is 37.9 Å². The van der Waals surface area contributed by atoms with Gasteiger partial charge in [-0.05, 0) is 69.7 Å². The Hall–Kier alpha value is -1.26. The summed E-state index contributed by atoms with van der Waals surface area (Å²) in [5.74, 6) is 0.774. The lowest BCUT2D eigenvalue weighted by atomic mass is 9.86. The Bertz CT molecular complexity index is 472. The standard InChI is InChI=1S/C19H31N3O/c1-14-12-22(13-15(2)23-14)19-9-7-18(8-10-19)21-11-16-3-5-17(20)6-4-16/h7-10,14-17,21H,3-6,11-13,20H2,1-2H3. The molecule has 4 heteroatoms. The molecule has 0 bridgehead atoms. The highest BCUT2D eigenvalue weighted by Gasteiger charge is 2.22. The van der Waals surface area contributed by atoms with Gasteiger partial charge >= 0.3 is 0 Å². The maximum atomic E-state index is 5.98. The summed E-state index contributed by atoms with van der Waals surface area (Å²) >= 11 is 0. The number of hydrogen-bond donors (Lipinski definition) is 2. The van der Waals surface area contributed by atoms with Gasteiger partial charge < -0.3 is 20.7 Å². The molecule has 3 N–H and O–H groups in total. The Labute approximate surface area is 140 Å². The van der Waals surface area contributed by atoms with Crippen molar-refractivity contribution in [3.63, 3.8) is 0 Å². The van der Waals surface area contributed by atoms with Gasteiger partial charge in [0.15, 0.2) is 0 Å². The zero-order valence-corrected chi connectivity index (χ0v) is 14.5. The van der Waals surface area contributed by atoms with Crippen LogP contribution in [0.5, 0.6) is 0 Å². The van der Waals surface area contributed by atoms with Crippen LogP contribution >= 0.6 is 0 Å². The molecule has 4 nitrogen and oxygen atoms in total. The van der Waals surface area contributed by atoms with Crippen LogP contribution in [-0.2, 0) is 4.74 Å². The number of benzene rings is 1. The van der Waals surface area contributed by atoms with E-state index >= 15 is 0 Å². The first-order valence-electron chi connectivity index (χ1n) is 9.10. The molecule has 0 aromatic heterocycles. The van der Waals surface area contributed by atoms with Crippen molar-refractivity contribution in [2.75, 3.05) is 29.9 Å². The molecule has 2 fully saturated rings. The molecule has 2 aliphatic rings. The highest BCUT2D eigenvalue weighted by Crippen LogP contribution is 2.25. The van der Waals surface area contributed by atoms with E-state index in [-0.39, 0.29) is 0 Å². The number of anilines is 2. The van der Waals surface area contributed by atoms with E-state index in [2.05, 4.69) is 48.3 Å². The number of nitrogens with one attached hydrogen (secondary N) is 1. The summed E-state index contributed by atoms with van der Waals surface area (Å²) in [6.45, 7) is 7.31. The Morgan fingerprint density at radius 2 is 1.65 bits per heavy atom. The van der Waals surface area contributed by atoms with Crippen molar-refractivity contribution in [2.45, 2.75) is 57.8 Å². The first-order valence-corrected chi connectivity index (χ1v) is 9.10. The molecule has 1 heterocycles. The monoisotopic (exact) mass is 317 g/mol. The van der Waals surface area contributed by atoms with Crippen molar-refractivity contribution in [1.29, 1.82) is 0 Å². The molecular formula is C19H31N3O. The van der Waals surface area contributed by atoms with Gasteiger partial charge in [0, 0.05) is 37.1 Å². The number of rotatable bonds is 4. The van der Waals surface area contributed by atoms with Crippen molar-refractivity contribution in [3.05, 3.63) is 24.3 Å². The third-order valence-corrected chi connectivity index (χ3v) is 5.14. The van der Waals surface area contributed by atoms with E-state index in [9.17, 15) is 0 Å². The molecule has 23 heavy (non-hydrogen) atoms. The Balaban J connectivity index is 1.51. The van der Waals surface area contributed by atoms with Crippen LogP contribution in [0.25, 0.3) is 0 Å². The molecule has 0 spiro atoms. The number of hydrogen-bond acceptors (Lipinski definition) is 4. The van der Waals surface area contributed by atoms with Gasteiger partial charge in [0.1, 0.15) is 0 Å². The van der Waals surface area contributed by atoms with E-state index in [1.165, 1.54) is 37.1 Å². The van der Waals surface area contributed by atoms with E-state index in [0.717, 1.165) is 25.6 Å². The lowest BCUT2D eigenvalue weighted by Gasteiger charge is -2.37. The van der Waals surface area contributed by atoms with Crippen molar-refractivity contribution in [2.24, 2.45) is 11.7 Å². The molecule has 1 saturated carbocycles. The molecule has 2 unspecified atom stereocenters. The summed E-state index contributed by atoms with van der Waals surface area (Å²) in [7, 11) is 0. The Kier molecular flexibility index (Phi) is 5.44. The van der Waals surface area contributed by atoms with Gasteiger partial charge in [0.25, 0.3) is 0 Å². The van der Waals surface area contributed by atoms with Gasteiger partial charge in [-0.15, -0.1) is 0 Å². The van der Waals surface area contributed by atoms with Crippen molar-refractivity contribution < 1.29 is 4.74 Å². The summed E-state index contributed by atoms with van der Waals surface area (Å²) in [5.41, 5.74) is 8.49. The van der Waals surface area contributed by atoms with Crippen molar-refractivity contribution >= 4 is 11.4 Å². The van der Waals surface area contributed by atoms with E-state index < -0.39 is 0 Å². The highest BCUT2D eigenvalue weighted by molar-refractivity contribution is 5.55. The second-order valence-corrected chi connectivity index (χ2v) is 7.37. The maximum absolute atomic E-state index is 5.98. The average molecular weight is 317 g/mol. The summed E-state index contributed by atoms with van der Waals surface area (Å²) in [4.78, 5) is 2.42. The smallest absolute Gasteiger partial charge is 0.0726 e. The Morgan fingerprint density at radius 1 is 1.04 bits per heavy atom. The van der Waals surface area contributed by atoms with Gasteiger partial charge in [-0.25, -0.2) is 0 Å². The van der Waals surface area contributed by atoms with Crippen LogP contribution in [0, 0.1) is 5.92 Å². The number of nitrogens with zero attached hydrogens (tertiary/aromatic N) is 1. The van der Waals surface area contributed by atoms with Gasteiger partial charge in [-0.1, -0.05) is 0 Å². The minimum absolute atomic E-state index is 0.300. The Morgan fingerprint density at radius 3 is 2.26 bits per heavy atom. The predicted molar refractivity (Wildman–Crippen MR) is 97.1 cm³/mol. The summed E-state index contributed by atoms with van der Waals surface area (Å²) in [5, 5.41) is 3.59. The van der Waals surface area contributed by atoms with Crippen molar-refractivity contribution in [3.8, 4) is 0 Å².